The maximum absolute atomic E-state index is 12.7. The number of benzene rings is 1. The SMILES string of the molecule is Cc1cncc(C(=O)N(CCCN)Cc2ccccc2)c1. The highest BCUT2D eigenvalue weighted by Crippen LogP contribution is 2.11. The molecule has 0 aliphatic rings. The highest BCUT2D eigenvalue weighted by Gasteiger charge is 2.16. The van der Waals surface area contributed by atoms with Crippen LogP contribution in [-0.2, 0) is 6.54 Å². The monoisotopic (exact) mass is 283 g/mol. The van der Waals surface area contributed by atoms with Crippen molar-refractivity contribution in [1.29, 1.82) is 0 Å². The van der Waals surface area contributed by atoms with Gasteiger partial charge >= 0.3 is 0 Å². The van der Waals surface area contributed by atoms with Gasteiger partial charge in [0.05, 0.1) is 5.56 Å². The molecule has 0 unspecified atom stereocenters. The summed E-state index contributed by atoms with van der Waals surface area (Å²) in [6.45, 7) is 3.75. The lowest BCUT2D eigenvalue weighted by Crippen LogP contribution is -2.32. The van der Waals surface area contributed by atoms with Crippen molar-refractivity contribution >= 4 is 5.91 Å². The van der Waals surface area contributed by atoms with Crippen LogP contribution in [0.2, 0.25) is 0 Å². The molecule has 0 bridgehead atoms. The number of nitrogens with two attached hydrogens (primary N) is 1. The van der Waals surface area contributed by atoms with Crippen molar-refractivity contribution in [3.8, 4) is 0 Å². The normalized spacial score (nSPS) is 10.4. The van der Waals surface area contributed by atoms with E-state index in [-0.39, 0.29) is 5.91 Å². The Labute approximate surface area is 125 Å². The van der Waals surface area contributed by atoms with Crippen molar-refractivity contribution < 1.29 is 4.79 Å². The Hall–Kier alpha value is -2.20. The summed E-state index contributed by atoms with van der Waals surface area (Å²) < 4.78 is 0. The predicted octanol–water partition coefficient (Wildman–Crippen LogP) is 2.38. The Bertz CT molecular complexity index is 584. The van der Waals surface area contributed by atoms with Crippen molar-refractivity contribution in [3.63, 3.8) is 0 Å². The van der Waals surface area contributed by atoms with E-state index in [2.05, 4.69) is 4.98 Å². The zero-order chi connectivity index (χ0) is 15.1. The summed E-state index contributed by atoms with van der Waals surface area (Å²) in [5.41, 5.74) is 8.31. The molecule has 2 N–H and O–H groups in total. The van der Waals surface area contributed by atoms with E-state index in [0.29, 0.717) is 25.2 Å². The molecule has 0 fully saturated rings. The number of hydrogen-bond acceptors (Lipinski definition) is 3. The Morgan fingerprint density at radius 1 is 1.24 bits per heavy atom. The number of aryl methyl sites for hydroxylation is 1. The number of pyridine rings is 1. The van der Waals surface area contributed by atoms with Crippen LogP contribution < -0.4 is 5.73 Å². The van der Waals surface area contributed by atoms with Crippen molar-refractivity contribution in [2.45, 2.75) is 19.9 Å². The maximum atomic E-state index is 12.7. The minimum absolute atomic E-state index is 0.00324. The second-order valence-corrected chi connectivity index (χ2v) is 5.11. The molecule has 21 heavy (non-hydrogen) atoms. The van der Waals surface area contributed by atoms with Gasteiger partial charge in [0.1, 0.15) is 0 Å². The fourth-order valence-corrected chi connectivity index (χ4v) is 2.19. The first kappa shape index (κ1) is 15.2. The molecule has 1 aromatic heterocycles. The van der Waals surface area contributed by atoms with E-state index in [1.54, 1.807) is 12.4 Å². The Balaban J connectivity index is 2.17. The van der Waals surface area contributed by atoms with Crippen LogP contribution in [0, 0.1) is 6.92 Å². The van der Waals surface area contributed by atoms with Gasteiger partial charge in [-0.05, 0) is 37.1 Å². The highest BCUT2D eigenvalue weighted by atomic mass is 16.2. The summed E-state index contributed by atoms with van der Waals surface area (Å²) in [7, 11) is 0. The van der Waals surface area contributed by atoms with Gasteiger partial charge in [-0.1, -0.05) is 30.3 Å². The van der Waals surface area contributed by atoms with Crippen molar-refractivity contribution in [2.75, 3.05) is 13.1 Å². The fourth-order valence-electron chi connectivity index (χ4n) is 2.19. The first-order valence-electron chi connectivity index (χ1n) is 7.15. The van der Waals surface area contributed by atoms with Gasteiger partial charge in [-0.3, -0.25) is 9.78 Å². The smallest absolute Gasteiger partial charge is 0.255 e. The number of nitrogens with zero attached hydrogens (tertiary/aromatic N) is 2. The van der Waals surface area contributed by atoms with Gasteiger partial charge in [0.2, 0.25) is 0 Å². The molecule has 4 heteroatoms. The van der Waals surface area contributed by atoms with E-state index in [1.165, 1.54) is 0 Å². The molecule has 0 aliphatic heterocycles. The Morgan fingerprint density at radius 2 is 2.00 bits per heavy atom. The summed E-state index contributed by atoms with van der Waals surface area (Å²) in [5, 5.41) is 0. The number of amides is 1. The van der Waals surface area contributed by atoms with Crippen LogP contribution in [0.5, 0.6) is 0 Å². The number of rotatable bonds is 6. The van der Waals surface area contributed by atoms with Crippen LogP contribution >= 0.6 is 0 Å². The molecule has 1 aromatic carbocycles. The van der Waals surface area contributed by atoms with Crippen LogP contribution in [0.1, 0.15) is 27.9 Å². The lowest BCUT2D eigenvalue weighted by molar-refractivity contribution is 0.0741. The molecule has 1 heterocycles. The van der Waals surface area contributed by atoms with E-state index in [0.717, 1.165) is 17.5 Å². The van der Waals surface area contributed by atoms with E-state index >= 15 is 0 Å². The maximum Gasteiger partial charge on any atom is 0.255 e. The third-order valence-corrected chi connectivity index (χ3v) is 3.26. The first-order chi connectivity index (χ1) is 10.2. The van der Waals surface area contributed by atoms with Crippen molar-refractivity contribution in [1.82, 2.24) is 9.88 Å². The number of hydrogen-bond donors (Lipinski definition) is 1. The number of carbonyl (C=O) groups excluding carboxylic acids is 1. The molecule has 0 aliphatic carbocycles. The molecule has 0 spiro atoms. The molecule has 110 valence electrons. The van der Waals surface area contributed by atoms with E-state index < -0.39 is 0 Å². The lowest BCUT2D eigenvalue weighted by Gasteiger charge is -2.22. The Morgan fingerprint density at radius 3 is 2.67 bits per heavy atom. The summed E-state index contributed by atoms with van der Waals surface area (Å²) in [5.74, 6) is 0.00324. The van der Waals surface area contributed by atoms with Crippen LogP contribution in [0.3, 0.4) is 0 Å². The lowest BCUT2D eigenvalue weighted by atomic mass is 10.1. The Kier molecular flexibility index (Phi) is 5.46. The quantitative estimate of drug-likeness (QED) is 0.885. The molecule has 0 saturated carbocycles. The van der Waals surface area contributed by atoms with Gasteiger partial charge in [-0.25, -0.2) is 0 Å². The molecular weight excluding hydrogens is 262 g/mol. The second kappa shape index (κ2) is 7.55. The molecule has 4 nitrogen and oxygen atoms in total. The summed E-state index contributed by atoms with van der Waals surface area (Å²) in [6, 6.07) is 11.9. The third-order valence-electron chi connectivity index (χ3n) is 3.26. The third kappa shape index (κ3) is 4.39. The van der Waals surface area contributed by atoms with E-state index in [9.17, 15) is 4.79 Å². The second-order valence-electron chi connectivity index (χ2n) is 5.11. The zero-order valence-corrected chi connectivity index (χ0v) is 12.3. The molecular formula is C17H21N3O. The minimum Gasteiger partial charge on any atom is -0.334 e. The summed E-state index contributed by atoms with van der Waals surface area (Å²) in [4.78, 5) is 18.6. The van der Waals surface area contributed by atoms with Crippen molar-refractivity contribution in [3.05, 3.63) is 65.5 Å². The first-order valence-corrected chi connectivity index (χ1v) is 7.15. The molecule has 2 rings (SSSR count). The standard InChI is InChI=1S/C17H21N3O/c1-14-10-16(12-19-11-14)17(21)20(9-5-8-18)13-15-6-3-2-4-7-15/h2-4,6-7,10-12H,5,8-9,13,18H2,1H3. The van der Waals surface area contributed by atoms with Crippen LogP contribution in [0.15, 0.2) is 48.8 Å². The average Bonchev–Trinajstić information content (AvgIpc) is 2.51. The van der Waals surface area contributed by atoms with Crippen LogP contribution in [0.4, 0.5) is 0 Å². The molecule has 0 radical (unpaired) electrons. The van der Waals surface area contributed by atoms with Crippen LogP contribution in [0.25, 0.3) is 0 Å². The summed E-state index contributed by atoms with van der Waals surface area (Å²) >= 11 is 0. The predicted molar refractivity (Wildman–Crippen MR) is 83.8 cm³/mol. The number of carbonyl (C=O) groups is 1. The molecule has 2 aromatic rings. The fraction of sp³-hybridized carbons (Fsp3) is 0.294. The van der Waals surface area contributed by atoms with E-state index in [4.69, 9.17) is 5.73 Å². The largest absolute Gasteiger partial charge is 0.334 e. The van der Waals surface area contributed by atoms with Gasteiger partial charge in [0, 0.05) is 25.5 Å². The topological polar surface area (TPSA) is 59.2 Å². The van der Waals surface area contributed by atoms with E-state index in [1.807, 2.05) is 48.2 Å². The van der Waals surface area contributed by atoms with Gasteiger partial charge in [-0.15, -0.1) is 0 Å². The van der Waals surface area contributed by atoms with Gasteiger partial charge < -0.3 is 10.6 Å². The van der Waals surface area contributed by atoms with Gasteiger partial charge in [-0.2, -0.15) is 0 Å². The zero-order valence-electron chi connectivity index (χ0n) is 12.3. The molecule has 0 saturated heterocycles. The molecule has 0 atom stereocenters. The van der Waals surface area contributed by atoms with Gasteiger partial charge in [0.25, 0.3) is 5.91 Å². The minimum atomic E-state index is 0.00324. The average molecular weight is 283 g/mol. The number of aromatic nitrogens is 1. The highest BCUT2D eigenvalue weighted by molar-refractivity contribution is 5.94. The van der Waals surface area contributed by atoms with Crippen molar-refractivity contribution in [2.24, 2.45) is 5.73 Å². The van der Waals surface area contributed by atoms with Crippen LogP contribution in [-0.4, -0.2) is 28.9 Å². The summed E-state index contributed by atoms with van der Waals surface area (Å²) in [6.07, 6.45) is 4.16. The van der Waals surface area contributed by atoms with Gasteiger partial charge in [0.15, 0.2) is 0 Å². The molecule has 1 amide bonds.